The number of piperidine rings is 1. The van der Waals surface area contributed by atoms with Gasteiger partial charge >= 0.3 is 0 Å². The first-order valence-corrected chi connectivity index (χ1v) is 7.20. The molecular formula is C14H19Cl2NO. The standard InChI is InChI=1S/C14H19Cl2NO/c1-2-17-6-5-14(18)11(9-17)7-10-3-4-12(15)8-13(10)16/h3-4,8,11,14,18H,2,5-7,9H2,1H3. The molecular weight excluding hydrogens is 269 g/mol. The summed E-state index contributed by atoms with van der Waals surface area (Å²) in [5.74, 6) is 0.261. The molecule has 1 N–H and O–H groups in total. The number of nitrogens with zero attached hydrogens (tertiary/aromatic N) is 1. The molecule has 0 amide bonds. The van der Waals surface area contributed by atoms with E-state index in [4.69, 9.17) is 23.2 Å². The van der Waals surface area contributed by atoms with Crippen molar-refractivity contribution < 1.29 is 5.11 Å². The molecule has 100 valence electrons. The van der Waals surface area contributed by atoms with Gasteiger partial charge in [0.2, 0.25) is 0 Å². The topological polar surface area (TPSA) is 23.5 Å². The molecule has 1 aromatic rings. The maximum atomic E-state index is 10.1. The molecule has 0 radical (unpaired) electrons. The van der Waals surface area contributed by atoms with E-state index in [9.17, 15) is 5.11 Å². The summed E-state index contributed by atoms with van der Waals surface area (Å²) in [5.41, 5.74) is 1.07. The number of halogens is 2. The summed E-state index contributed by atoms with van der Waals surface area (Å²) in [7, 11) is 0. The fourth-order valence-corrected chi connectivity index (χ4v) is 3.04. The molecule has 1 aliphatic rings. The summed E-state index contributed by atoms with van der Waals surface area (Å²) >= 11 is 12.1. The van der Waals surface area contributed by atoms with Crippen LogP contribution in [0.3, 0.4) is 0 Å². The minimum Gasteiger partial charge on any atom is -0.393 e. The molecule has 0 aliphatic carbocycles. The first kappa shape index (κ1) is 14.1. The van der Waals surface area contributed by atoms with Crippen molar-refractivity contribution in [2.24, 2.45) is 5.92 Å². The van der Waals surface area contributed by atoms with Crippen molar-refractivity contribution in [2.45, 2.75) is 25.9 Å². The maximum absolute atomic E-state index is 10.1. The largest absolute Gasteiger partial charge is 0.393 e. The molecule has 4 heteroatoms. The van der Waals surface area contributed by atoms with Gasteiger partial charge in [0, 0.05) is 29.1 Å². The zero-order valence-electron chi connectivity index (χ0n) is 10.6. The van der Waals surface area contributed by atoms with Crippen molar-refractivity contribution in [3.05, 3.63) is 33.8 Å². The van der Waals surface area contributed by atoms with Gasteiger partial charge in [-0.3, -0.25) is 0 Å². The predicted molar refractivity (Wildman–Crippen MR) is 76.4 cm³/mol. The van der Waals surface area contributed by atoms with E-state index in [1.54, 1.807) is 6.07 Å². The Kier molecular flexibility index (Phi) is 4.91. The average Bonchev–Trinajstić information content (AvgIpc) is 2.35. The predicted octanol–water partition coefficient (Wildman–Crippen LogP) is 3.24. The molecule has 2 nitrogen and oxygen atoms in total. The lowest BCUT2D eigenvalue weighted by atomic mass is 9.89. The van der Waals surface area contributed by atoms with E-state index in [0.717, 1.165) is 38.0 Å². The van der Waals surface area contributed by atoms with Crippen LogP contribution in [0.15, 0.2) is 18.2 Å². The van der Waals surface area contributed by atoms with Crippen molar-refractivity contribution in [1.82, 2.24) is 4.90 Å². The number of benzene rings is 1. The van der Waals surface area contributed by atoms with E-state index in [0.29, 0.717) is 10.0 Å². The van der Waals surface area contributed by atoms with Gasteiger partial charge in [0.15, 0.2) is 0 Å². The van der Waals surface area contributed by atoms with E-state index in [1.807, 2.05) is 12.1 Å². The molecule has 2 atom stereocenters. The molecule has 18 heavy (non-hydrogen) atoms. The van der Waals surface area contributed by atoms with Crippen molar-refractivity contribution >= 4 is 23.2 Å². The summed E-state index contributed by atoms with van der Waals surface area (Å²) in [4.78, 5) is 2.38. The zero-order chi connectivity index (χ0) is 13.1. The quantitative estimate of drug-likeness (QED) is 0.923. The molecule has 0 bridgehead atoms. The smallest absolute Gasteiger partial charge is 0.0596 e. The minimum atomic E-state index is -0.223. The summed E-state index contributed by atoms with van der Waals surface area (Å²) in [5, 5.41) is 11.4. The Morgan fingerprint density at radius 2 is 2.17 bits per heavy atom. The highest BCUT2D eigenvalue weighted by Gasteiger charge is 2.27. The minimum absolute atomic E-state index is 0.223. The molecule has 1 aromatic carbocycles. The van der Waals surface area contributed by atoms with Crippen LogP contribution < -0.4 is 0 Å². The highest BCUT2D eigenvalue weighted by molar-refractivity contribution is 6.35. The molecule has 0 saturated carbocycles. The third-order valence-electron chi connectivity index (χ3n) is 3.72. The lowest BCUT2D eigenvalue weighted by molar-refractivity contribution is 0.0290. The zero-order valence-corrected chi connectivity index (χ0v) is 12.1. The van der Waals surface area contributed by atoms with E-state index >= 15 is 0 Å². The Bertz CT molecular complexity index is 411. The Morgan fingerprint density at radius 3 is 2.83 bits per heavy atom. The van der Waals surface area contributed by atoms with Crippen LogP contribution in [0, 0.1) is 5.92 Å². The number of hydrogen-bond acceptors (Lipinski definition) is 2. The third-order valence-corrected chi connectivity index (χ3v) is 4.31. The first-order valence-electron chi connectivity index (χ1n) is 6.44. The SMILES string of the molecule is CCN1CCC(O)C(Cc2ccc(Cl)cc2Cl)C1. The monoisotopic (exact) mass is 287 g/mol. The van der Waals surface area contributed by atoms with E-state index in [1.165, 1.54) is 0 Å². The molecule has 1 aliphatic heterocycles. The molecule has 2 unspecified atom stereocenters. The van der Waals surface area contributed by atoms with Crippen LogP contribution in [0.4, 0.5) is 0 Å². The third kappa shape index (κ3) is 3.39. The Hall–Kier alpha value is -0.280. The van der Waals surface area contributed by atoms with Crippen LogP contribution in [0.5, 0.6) is 0 Å². The molecule has 2 rings (SSSR count). The molecule has 1 heterocycles. The highest BCUT2D eigenvalue weighted by Crippen LogP contribution is 2.27. The van der Waals surface area contributed by atoms with Crippen LogP contribution in [0.1, 0.15) is 18.9 Å². The maximum Gasteiger partial charge on any atom is 0.0596 e. The van der Waals surface area contributed by atoms with Gasteiger partial charge in [0.25, 0.3) is 0 Å². The van der Waals surface area contributed by atoms with Crippen LogP contribution in [-0.4, -0.2) is 35.7 Å². The fourth-order valence-electron chi connectivity index (χ4n) is 2.55. The number of hydrogen-bond donors (Lipinski definition) is 1. The summed E-state index contributed by atoms with van der Waals surface area (Å²) in [6.45, 7) is 5.13. The molecule has 0 spiro atoms. The lowest BCUT2D eigenvalue weighted by Crippen LogP contribution is -2.43. The van der Waals surface area contributed by atoms with Gasteiger partial charge < -0.3 is 10.0 Å². The number of rotatable bonds is 3. The lowest BCUT2D eigenvalue weighted by Gasteiger charge is -2.35. The Balaban J connectivity index is 2.07. The average molecular weight is 288 g/mol. The van der Waals surface area contributed by atoms with Gasteiger partial charge in [0.1, 0.15) is 0 Å². The van der Waals surface area contributed by atoms with Crippen molar-refractivity contribution in [2.75, 3.05) is 19.6 Å². The second-order valence-electron chi connectivity index (χ2n) is 4.95. The second kappa shape index (κ2) is 6.25. The molecule has 1 saturated heterocycles. The van der Waals surface area contributed by atoms with Crippen LogP contribution in [0.25, 0.3) is 0 Å². The van der Waals surface area contributed by atoms with E-state index in [2.05, 4.69) is 11.8 Å². The molecule has 1 fully saturated rings. The van der Waals surface area contributed by atoms with Crippen LogP contribution >= 0.6 is 23.2 Å². The second-order valence-corrected chi connectivity index (χ2v) is 5.79. The van der Waals surface area contributed by atoms with Gasteiger partial charge in [-0.25, -0.2) is 0 Å². The first-order chi connectivity index (χ1) is 8.60. The highest BCUT2D eigenvalue weighted by atomic mass is 35.5. The van der Waals surface area contributed by atoms with Gasteiger partial charge in [-0.2, -0.15) is 0 Å². The number of aliphatic hydroxyl groups is 1. The number of likely N-dealkylation sites (tertiary alicyclic amines) is 1. The van der Waals surface area contributed by atoms with Crippen molar-refractivity contribution in [3.63, 3.8) is 0 Å². The van der Waals surface area contributed by atoms with Crippen molar-refractivity contribution in [3.8, 4) is 0 Å². The van der Waals surface area contributed by atoms with Crippen molar-refractivity contribution in [1.29, 1.82) is 0 Å². The van der Waals surface area contributed by atoms with E-state index < -0.39 is 0 Å². The fraction of sp³-hybridized carbons (Fsp3) is 0.571. The van der Waals surface area contributed by atoms with Crippen LogP contribution in [0.2, 0.25) is 10.0 Å². The van der Waals surface area contributed by atoms with Gasteiger partial charge in [-0.15, -0.1) is 0 Å². The van der Waals surface area contributed by atoms with E-state index in [-0.39, 0.29) is 12.0 Å². The Morgan fingerprint density at radius 1 is 1.39 bits per heavy atom. The normalized spacial score (nSPS) is 25.3. The molecule has 0 aromatic heterocycles. The number of aliphatic hydroxyl groups excluding tert-OH is 1. The van der Waals surface area contributed by atoms with Gasteiger partial charge in [0.05, 0.1) is 6.10 Å². The van der Waals surface area contributed by atoms with Crippen LogP contribution in [-0.2, 0) is 6.42 Å². The summed E-state index contributed by atoms with van der Waals surface area (Å²) in [6.07, 6.45) is 1.44. The van der Waals surface area contributed by atoms with Gasteiger partial charge in [-0.1, -0.05) is 36.2 Å². The summed E-state index contributed by atoms with van der Waals surface area (Å²) in [6, 6.07) is 5.59. The summed E-state index contributed by atoms with van der Waals surface area (Å²) < 4.78 is 0. The Labute approximate surface area is 119 Å². The van der Waals surface area contributed by atoms with Gasteiger partial charge in [-0.05, 0) is 37.1 Å².